The van der Waals surface area contributed by atoms with Crippen LogP contribution in [0, 0.1) is 5.41 Å². The Hall–Kier alpha value is -0.820. The third kappa shape index (κ3) is 2.90. The van der Waals surface area contributed by atoms with Gasteiger partial charge >= 0.3 is 0 Å². The lowest BCUT2D eigenvalue weighted by atomic mass is 9.91. The van der Waals surface area contributed by atoms with Crippen LogP contribution in [0.1, 0.15) is 50.7 Å². The molecular weight excluding hydrogens is 206 g/mol. The molecule has 1 N–H and O–H groups in total. The van der Waals surface area contributed by atoms with E-state index in [0.29, 0.717) is 17.4 Å². The smallest absolute Gasteiger partial charge is 0.0158 e. The number of benzene rings is 1. The van der Waals surface area contributed by atoms with Gasteiger partial charge in [-0.1, -0.05) is 45.0 Å². The quantitative estimate of drug-likeness (QED) is 0.814. The summed E-state index contributed by atoms with van der Waals surface area (Å²) in [6, 6.07) is 9.79. The molecule has 1 aromatic carbocycles. The standard InChI is InChI=1S/C16H25N/c1-12(2)14-7-5-13(6-8-14)11-15(17-4)16(3)9-10-16/h5-8,12,15,17H,9-11H2,1-4H3. The van der Waals surface area contributed by atoms with E-state index in [-0.39, 0.29) is 0 Å². The topological polar surface area (TPSA) is 12.0 Å². The van der Waals surface area contributed by atoms with Crippen LogP contribution in [0.4, 0.5) is 0 Å². The van der Waals surface area contributed by atoms with E-state index in [1.54, 1.807) is 0 Å². The molecule has 0 heterocycles. The highest BCUT2D eigenvalue weighted by atomic mass is 14.9. The Kier molecular flexibility index (Phi) is 3.58. The van der Waals surface area contributed by atoms with Gasteiger partial charge in [0.05, 0.1) is 0 Å². The van der Waals surface area contributed by atoms with Crippen LogP contribution in [-0.2, 0) is 6.42 Å². The Labute approximate surface area is 106 Å². The first-order valence-corrected chi connectivity index (χ1v) is 6.81. The summed E-state index contributed by atoms with van der Waals surface area (Å²) in [5.41, 5.74) is 3.44. The Balaban J connectivity index is 2.02. The van der Waals surface area contributed by atoms with E-state index in [9.17, 15) is 0 Å². The Bertz CT molecular complexity index is 360. The molecule has 1 saturated carbocycles. The maximum atomic E-state index is 3.49. The molecule has 94 valence electrons. The lowest BCUT2D eigenvalue weighted by Gasteiger charge is -2.23. The fourth-order valence-corrected chi connectivity index (χ4v) is 2.52. The number of hydrogen-bond acceptors (Lipinski definition) is 1. The maximum absolute atomic E-state index is 3.49. The van der Waals surface area contributed by atoms with Crippen molar-refractivity contribution in [1.29, 1.82) is 0 Å². The number of likely N-dealkylation sites (N-methyl/N-ethyl adjacent to an activating group) is 1. The molecule has 0 saturated heterocycles. The van der Waals surface area contributed by atoms with Gasteiger partial charge < -0.3 is 5.32 Å². The van der Waals surface area contributed by atoms with E-state index >= 15 is 0 Å². The average Bonchev–Trinajstić information content (AvgIpc) is 3.06. The molecule has 2 rings (SSSR count). The van der Waals surface area contributed by atoms with Crippen LogP contribution < -0.4 is 5.32 Å². The minimum atomic E-state index is 0.547. The average molecular weight is 231 g/mol. The minimum Gasteiger partial charge on any atom is -0.316 e. The monoisotopic (exact) mass is 231 g/mol. The van der Waals surface area contributed by atoms with Gasteiger partial charge in [0.25, 0.3) is 0 Å². The summed E-state index contributed by atoms with van der Waals surface area (Å²) in [5.74, 6) is 0.630. The Morgan fingerprint density at radius 3 is 2.18 bits per heavy atom. The van der Waals surface area contributed by atoms with Crippen molar-refractivity contribution >= 4 is 0 Å². The van der Waals surface area contributed by atoms with Gasteiger partial charge in [-0.05, 0) is 48.8 Å². The number of hydrogen-bond donors (Lipinski definition) is 1. The molecule has 1 unspecified atom stereocenters. The van der Waals surface area contributed by atoms with E-state index in [1.807, 2.05) is 0 Å². The van der Waals surface area contributed by atoms with Crippen LogP contribution >= 0.6 is 0 Å². The molecule has 1 aromatic rings. The van der Waals surface area contributed by atoms with Crippen molar-refractivity contribution in [1.82, 2.24) is 5.32 Å². The predicted octanol–water partition coefficient (Wildman–Crippen LogP) is 3.74. The summed E-state index contributed by atoms with van der Waals surface area (Å²) in [7, 11) is 2.09. The van der Waals surface area contributed by atoms with Gasteiger partial charge in [-0.25, -0.2) is 0 Å². The molecule has 1 aliphatic carbocycles. The zero-order valence-corrected chi connectivity index (χ0v) is 11.6. The molecule has 0 bridgehead atoms. The third-order valence-electron chi connectivity index (χ3n) is 4.31. The summed E-state index contributed by atoms with van der Waals surface area (Å²) >= 11 is 0. The maximum Gasteiger partial charge on any atom is 0.0158 e. The van der Waals surface area contributed by atoms with Crippen molar-refractivity contribution < 1.29 is 0 Å². The second kappa shape index (κ2) is 4.81. The van der Waals surface area contributed by atoms with Gasteiger partial charge in [0, 0.05) is 6.04 Å². The number of rotatable bonds is 5. The van der Waals surface area contributed by atoms with Crippen molar-refractivity contribution in [2.75, 3.05) is 7.05 Å². The van der Waals surface area contributed by atoms with Crippen LogP contribution in [0.2, 0.25) is 0 Å². The molecule has 0 radical (unpaired) electrons. The molecule has 0 aliphatic heterocycles. The highest BCUT2D eigenvalue weighted by Crippen LogP contribution is 2.48. The fraction of sp³-hybridized carbons (Fsp3) is 0.625. The van der Waals surface area contributed by atoms with E-state index in [1.165, 1.54) is 24.0 Å². The van der Waals surface area contributed by atoms with Crippen molar-refractivity contribution in [3.05, 3.63) is 35.4 Å². The lowest BCUT2D eigenvalue weighted by molar-refractivity contribution is 0.376. The Morgan fingerprint density at radius 1 is 1.18 bits per heavy atom. The number of nitrogens with one attached hydrogen (secondary N) is 1. The highest BCUT2D eigenvalue weighted by molar-refractivity contribution is 5.26. The molecule has 0 aromatic heterocycles. The zero-order valence-electron chi connectivity index (χ0n) is 11.6. The van der Waals surface area contributed by atoms with Crippen LogP contribution in [0.5, 0.6) is 0 Å². The summed E-state index contributed by atoms with van der Waals surface area (Å²) in [6.07, 6.45) is 3.91. The first-order chi connectivity index (χ1) is 8.05. The third-order valence-corrected chi connectivity index (χ3v) is 4.31. The molecule has 1 aliphatic rings. The van der Waals surface area contributed by atoms with E-state index in [4.69, 9.17) is 0 Å². The van der Waals surface area contributed by atoms with Gasteiger partial charge in [-0.15, -0.1) is 0 Å². The normalized spacial score (nSPS) is 19.4. The second-order valence-electron chi connectivity index (χ2n) is 6.10. The van der Waals surface area contributed by atoms with Crippen LogP contribution in [-0.4, -0.2) is 13.1 Å². The van der Waals surface area contributed by atoms with Gasteiger partial charge in [-0.3, -0.25) is 0 Å². The molecule has 17 heavy (non-hydrogen) atoms. The Morgan fingerprint density at radius 2 is 1.76 bits per heavy atom. The van der Waals surface area contributed by atoms with Crippen LogP contribution in [0.15, 0.2) is 24.3 Å². The van der Waals surface area contributed by atoms with Gasteiger partial charge in [0.2, 0.25) is 0 Å². The van der Waals surface area contributed by atoms with Crippen molar-refractivity contribution in [2.24, 2.45) is 5.41 Å². The minimum absolute atomic E-state index is 0.547. The van der Waals surface area contributed by atoms with Crippen LogP contribution in [0.25, 0.3) is 0 Å². The molecule has 0 spiro atoms. The van der Waals surface area contributed by atoms with Crippen molar-refractivity contribution in [3.8, 4) is 0 Å². The first kappa shape index (κ1) is 12.6. The summed E-state index contributed by atoms with van der Waals surface area (Å²) in [5, 5.41) is 3.49. The van der Waals surface area contributed by atoms with Gasteiger partial charge in [0.15, 0.2) is 0 Å². The fourth-order valence-electron chi connectivity index (χ4n) is 2.52. The molecular formula is C16H25N. The first-order valence-electron chi connectivity index (χ1n) is 6.81. The predicted molar refractivity (Wildman–Crippen MR) is 74.4 cm³/mol. The SMILES string of the molecule is CNC(Cc1ccc(C(C)C)cc1)C1(C)CC1. The van der Waals surface area contributed by atoms with E-state index < -0.39 is 0 Å². The molecule has 1 nitrogen and oxygen atoms in total. The highest BCUT2D eigenvalue weighted by Gasteiger charge is 2.43. The lowest BCUT2D eigenvalue weighted by Crippen LogP contribution is -2.35. The van der Waals surface area contributed by atoms with Crippen LogP contribution in [0.3, 0.4) is 0 Å². The van der Waals surface area contributed by atoms with Gasteiger partial charge in [-0.2, -0.15) is 0 Å². The molecule has 1 heteroatoms. The van der Waals surface area contributed by atoms with Crippen molar-refractivity contribution in [2.45, 2.75) is 52.0 Å². The summed E-state index contributed by atoms with van der Waals surface area (Å²) < 4.78 is 0. The largest absolute Gasteiger partial charge is 0.316 e. The van der Waals surface area contributed by atoms with Crippen molar-refractivity contribution in [3.63, 3.8) is 0 Å². The summed E-state index contributed by atoms with van der Waals surface area (Å²) in [6.45, 7) is 6.89. The van der Waals surface area contributed by atoms with E-state index in [2.05, 4.69) is 57.4 Å². The van der Waals surface area contributed by atoms with E-state index in [0.717, 1.165) is 6.42 Å². The molecule has 0 amide bonds. The molecule has 1 atom stereocenters. The molecule has 1 fully saturated rings. The zero-order chi connectivity index (χ0) is 12.5. The second-order valence-corrected chi connectivity index (χ2v) is 6.10. The summed E-state index contributed by atoms with van der Waals surface area (Å²) in [4.78, 5) is 0. The van der Waals surface area contributed by atoms with Gasteiger partial charge in [0.1, 0.15) is 0 Å².